The first kappa shape index (κ1) is 15.0. The number of morpholine rings is 1. The molecule has 3 rings (SSSR count). The van der Waals surface area contributed by atoms with Gasteiger partial charge in [-0.15, -0.1) is 11.3 Å². The topological polar surface area (TPSA) is 32.8 Å². The summed E-state index contributed by atoms with van der Waals surface area (Å²) in [5.74, 6) is 0.295. The third-order valence-corrected chi connectivity index (χ3v) is 5.63. The molecule has 1 amide bonds. The van der Waals surface area contributed by atoms with Crippen LogP contribution in [0.3, 0.4) is 0 Å². The molecule has 2 aliphatic heterocycles. The number of likely N-dealkylation sites (tertiary alicyclic amines) is 1. The van der Waals surface area contributed by atoms with Crippen LogP contribution >= 0.6 is 11.3 Å². The smallest absolute Gasteiger partial charge is 0.230 e. The largest absolute Gasteiger partial charge is 0.379 e. The highest BCUT2D eigenvalue weighted by atomic mass is 32.1. The van der Waals surface area contributed by atoms with E-state index < -0.39 is 0 Å². The van der Waals surface area contributed by atoms with Crippen LogP contribution in [0.4, 0.5) is 0 Å². The number of hydrogen-bond donors (Lipinski definition) is 0. The van der Waals surface area contributed by atoms with Crippen LogP contribution in [-0.4, -0.2) is 61.1 Å². The van der Waals surface area contributed by atoms with Gasteiger partial charge in [0, 0.05) is 37.1 Å². The van der Waals surface area contributed by atoms with Crippen molar-refractivity contribution in [2.75, 3.05) is 39.4 Å². The van der Waals surface area contributed by atoms with E-state index in [2.05, 4.69) is 15.9 Å². The first-order chi connectivity index (χ1) is 10.3. The Hall–Kier alpha value is -0.910. The van der Waals surface area contributed by atoms with Crippen molar-refractivity contribution in [3.8, 4) is 0 Å². The third kappa shape index (κ3) is 3.47. The van der Waals surface area contributed by atoms with Crippen molar-refractivity contribution >= 4 is 17.2 Å². The summed E-state index contributed by atoms with van der Waals surface area (Å²) in [4.78, 5) is 18.5. The lowest BCUT2D eigenvalue weighted by Crippen LogP contribution is -2.47. The molecule has 0 N–H and O–H groups in total. The van der Waals surface area contributed by atoms with Gasteiger partial charge in [-0.2, -0.15) is 0 Å². The molecule has 2 saturated heterocycles. The maximum atomic E-state index is 12.8. The summed E-state index contributed by atoms with van der Waals surface area (Å²) in [7, 11) is 0. The van der Waals surface area contributed by atoms with Crippen molar-refractivity contribution < 1.29 is 9.53 Å². The Kier molecular flexibility index (Phi) is 4.93. The van der Waals surface area contributed by atoms with Gasteiger partial charge in [0.25, 0.3) is 0 Å². The summed E-state index contributed by atoms with van der Waals surface area (Å²) in [5.41, 5.74) is 0. The Bertz CT molecular complexity index is 457. The molecule has 0 radical (unpaired) electrons. The zero-order valence-electron chi connectivity index (χ0n) is 12.7. The van der Waals surface area contributed by atoms with E-state index in [1.165, 1.54) is 4.88 Å². The molecule has 0 spiro atoms. The van der Waals surface area contributed by atoms with Gasteiger partial charge in [0.15, 0.2) is 0 Å². The predicted octanol–water partition coefficient (Wildman–Crippen LogP) is 2.17. The normalized spacial score (nSPS) is 25.2. The van der Waals surface area contributed by atoms with Gasteiger partial charge in [0.1, 0.15) is 0 Å². The van der Waals surface area contributed by atoms with Gasteiger partial charge in [-0.1, -0.05) is 6.07 Å². The summed E-state index contributed by atoms with van der Waals surface area (Å²) in [6.07, 6.45) is 2.28. The fourth-order valence-corrected chi connectivity index (χ4v) is 4.08. The van der Waals surface area contributed by atoms with E-state index in [4.69, 9.17) is 4.74 Å². The molecular weight excluding hydrogens is 284 g/mol. The first-order valence-corrected chi connectivity index (χ1v) is 8.77. The van der Waals surface area contributed by atoms with Crippen LogP contribution in [0.5, 0.6) is 0 Å². The van der Waals surface area contributed by atoms with E-state index in [0.29, 0.717) is 11.9 Å². The monoisotopic (exact) mass is 308 g/mol. The quantitative estimate of drug-likeness (QED) is 0.854. The predicted molar refractivity (Wildman–Crippen MR) is 84.7 cm³/mol. The van der Waals surface area contributed by atoms with E-state index in [0.717, 1.165) is 52.2 Å². The number of thiophene rings is 1. The van der Waals surface area contributed by atoms with E-state index in [9.17, 15) is 4.79 Å². The Morgan fingerprint density at radius 1 is 1.43 bits per heavy atom. The van der Waals surface area contributed by atoms with Gasteiger partial charge in [0.05, 0.1) is 19.1 Å². The fourth-order valence-electron chi connectivity index (χ4n) is 3.31. The average molecular weight is 308 g/mol. The lowest BCUT2D eigenvalue weighted by molar-refractivity contribution is -0.133. The molecule has 0 saturated carbocycles. The lowest BCUT2D eigenvalue weighted by atomic mass is 10.1. The second kappa shape index (κ2) is 6.90. The van der Waals surface area contributed by atoms with Crippen molar-refractivity contribution in [1.82, 2.24) is 9.80 Å². The minimum atomic E-state index is -0.00436. The van der Waals surface area contributed by atoms with Gasteiger partial charge in [-0.3, -0.25) is 9.69 Å². The maximum Gasteiger partial charge on any atom is 0.230 e. The molecule has 2 fully saturated rings. The molecule has 2 aliphatic rings. The molecule has 3 heterocycles. The Morgan fingerprint density at radius 3 is 2.95 bits per heavy atom. The van der Waals surface area contributed by atoms with Crippen molar-refractivity contribution in [2.24, 2.45) is 0 Å². The van der Waals surface area contributed by atoms with E-state index in [1.54, 1.807) is 11.3 Å². The minimum absolute atomic E-state index is 0.00436. The van der Waals surface area contributed by atoms with Crippen LogP contribution < -0.4 is 0 Å². The first-order valence-electron chi connectivity index (χ1n) is 7.89. The minimum Gasteiger partial charge on any atom is -0.379 e. The summed E-state index contributed by atoms with van der Waals surface area (Å²) in [6, 6.07) is 4.48. The lowest BCUT2D eigenvalue weighted by Gasteiger charge is -2.33. The van der Waals surface area contributed by atoms with Gasteiger partial charge >= 0.3 is 0 Å². The number of rotatable bonds is 4. The number of carbonyl (C=O) groups excluding carboxylic acids is 1. The number of ether oxygens (including phenoxy) is 1. The number of amides is 1. The van der Waals surface area contributed by atoms with Crippen LogP contribution in [0.25, 0.3) is 0 Å². The second-order valence-corrected chi connectivity index (χ2v) is 6.96. The molecule has 1 aromatic rings. The Balaban J connectivity index is 1.61. The highest BCUT2D eigenvalue weighted by Crippen LogP contribution is 2.27. The van der Waals surface area contributed by atoms with Crippen molar-refractivity contribution in [2.45, 2.75) is 31.7 Å². The molecule has 5 heteroatoms. The molecule has 21 heavy (non-hydrogen) atoms. The Labute approximate surface area is 130 Å². The molecule has 116 valence electrons. The Morgan fingerprint density at radius 2 is 2.24 bits per heavy atom. The standard InChI is InChI=1S/C16H24N2O2S/c1-13(15-5-3-11-21-15)16(19)18-6-2-4-14(18)12-17-7-9-20-10-8-17/h3,5,11,13-14H,2,4,6-10,12H2,1H3/t13-,14+/m0/s1. The maximum absolute atomic E-state index is 12.8. The van der Waals surface area contributed by atoms with E-state index in [-0.39, 0.29) is 5.92 Å². The van der Waals surface area contributed by atoms with Gasteiger partial charge in [-0.25, -0.2) is 0 Å². The second-order valence-electron chi connectivity index (χ2n) is 5.98. The van der Waals surface area contributed by atoms with Crippen molar-refractivity contribution in [1.29, 1.82) is 0 Å². The molecule has 4 nitrogen and oxygen atoms in total. The van der Waals surface area contributed by atoms with Crippen LogP contribution in [-0.2, 0) is 9.53 Å². The van der Waals surface area contributed by atoms with Gasteiger partial charge in [0.2, 0.25) is 5.91 Å². The summed E-state index contributed by atoms with van der Waals surface area (Å²) >= 11 is 1.68. The zero-order valence-corrected chi connectivity index (χ0v) is 13.5. The van der Waals surface area contributed by atoms with Crippen molar-refractivity contribution in [3.05, 3.63) is 22.4 Å². The number of carbonyl (C=O) groups is 1. The molecule has 2 atom stereocenters. The summed E-state index contributed by atoms with van der Waals surface area (Å²) in [6.45, 7) is 7.62. The van der Waals surface area contributed by atoms with Gasteiger partial charge < -0.3 is 9.64 Å². The molecule has 1 aromatic heterocycles. The zero-order chi connectivity index (χ0) is 14.7. The van der Waals surface area contributed by atoms with E-state index in [1.807, 2.05) is 18.4 Å². The molecular formula is C16H24N2O2S. The van der Waals surface area contributed by atoms with Crippen LogP contribution in [0, 0.1) is 0 Å². The average Bonchev–Trinajstić information content (AvgIpc) is 3.18. The molecule has 0 unspecified atom stereocenters. The van der Waals surface area contributed by atoms with Crippen molar-refractivity contribution in [3.63, 3.8) is 0 Å². The number of hydrogen-bond acceptors (Lipinski definition) is 4. The fraction of sp³-hybridized carbons (Fsp3) is 0.688. The van der Waals surface area contributed by atoms with Gasteiger partial charge in [-0.05, 0) is 31.2 Å². The highest BCUT2D eigenvalue weighted by molar-refractivity contribution is 7.10. The highest BCUT2D eigenvalue weighted by Gasteiger charge is 2.33. The molecule has 0 bridgehead atoms. The molecule has 0 aromatic carbocycles. The molecule has 0 aliphatic carbocycles. The third-order valence-electron chi connectivity index (χ3n) is 4.57. The summed E-state index contributed by atoms with van der Waals surface area (Å²) < 4.78 is 5.40. The van der Waals surface area contributed by atoms with Crippen LogP contribution in [0.2, 0.25) is 0 Å². The SMILES string of the molecule is C[C@H](C(=O)N1CCC[C@@H]1CN1CCOCC1)c1cccs1. The summed E-state index contributed by atoms with van der Waals surface area (Å²) in [5, 5.41) is 2.05. The van der Waals surface area contributed by atoms with Crippen LogP contribution in [0.1, 0.15) is 30.6 Å². The number of nitrogens with zero attached hydrogens (tertiary/aromatic N) is 2. The van der Waals surface area contributed by atoms with E-state index >= 15 is 0 Å². The van der Waals surface area contributed by atoms with Crippen LogP contribution in [0.15, 0.2) is 17.5 Å².